The lowest BCUT2D eigenvalue weighted by Gasteiger charge is -2.33. The summed E-state index contributed by atoms with van der Waals surface area (Å²) in [6.07, 6.45) is 9.50. The lowest BCUT2D eigenvalue weighted by atomic mass is 9.91. The molecule has 0 radical (unpaired) electrons. The number of ether oxygens (including phenoxy) is 1. The van der Waals surface area contributed by atoms with Crippen LogP contribution in [0.4, 0.5) is 4.39 Å². The monoisotopic (exact) mass is 194 g/mol. The highest BCUT2D eigenvalue weighted by Gasteiger charge is 2.37. The molecule has 2 aliphatic carbocycles. The van der Waals surface area contributed by atoms with E-state index in [0.29, 0.717) is 6.10 Å². The van der Waals surface area contributed by atoms with Crippen LogP contribution in [0.25, 0.3) is 0 Å². The van der Waals surface area contributed by atoms with Crippen molar-refractivity contribution in [3.8, 4) is 0 Å². The van der Waals surface area contributed by atoms with Gasteiger partial charge < -0.3 is 4.74 Å². The van der Waals surface area contributed by atoms with Crippen LogP contribution in [0.1, 0.15) is 32.1 Å². The quantitative estimate of drug-likeness (QED) is 0.623. The van der Waals surface area contributed by atoms with E-state index in [1.165, 1.54) is 18.4 Å². The molecule has 0 aromatic heterocycles. The fourth-order valence-corrected chi connectivity index (χ4v) is 2.48. The van der Waals surface area contributed by atoms with E-state index in [-0.39, 0.29) is 11.9 Å². The maximum atomic E-state index is 13.0. The summed E-state index contributed by atoms with van der Waals surface area (Å²) in [6.45, 7) is 0. The molecule has 1 nitrogen and oxygen atoms in total. The van der Waals surface area contributed by atoms with Crippen LogP contribution in [0.15, 0.2) is 23.6 Å². The van der Waals surface area contributed by atoms with Gasteiger partial charge in [-0.15, -0.1) is 0 Å². The Balaban J connectivity index is 1.72. The number of rotatable bonds is 1. The zero-order valence-electron chi connectivity index (χ0n) is 8.21. The third-order valence-corrected chi connectivity index (χ3v) is 3.47. The van der Waals surface area contributed by atoms with Gasteiger partial charge in [0.25, 0.3) is 0 Å². The van der Waals surface area contributed by atoms with Gasteiger partial charge in [-0.2, -0.15) is 0 Å². The molecule has 1 heterocycles. The molecule has 0 amide bonds. The molecule has 2 heteroatoms. The first kappa shape index (κ1) is 8.66. The van der Waals surface area contributed by atoms with Crippen molar-refractivity contribution >= 4 is 0 Å². The van der Waals surface area contributed by atoms with Crippen molar-refractivity contribution in [3.63, 3.8) is 0 Å². The van der Waals surface area contributed by atoms with Crippen LogP contribution in [-0.2, 0) is 4.74 Å². The van der Waals surface area contributed by atoms with E-state index in [4.69, 9.17) is 4.74 Å². The first-order chi connectivity index (χ1) is 6.83. The molecular formula is C12H15FO. The van der Waals surface area contributed by atoms with Gasteiger partial charge in [0.1, 0.15) is 5.83 Å². The Bertz CT molecular complexity index is 301. The maximum Gasteiger partial charge on any atom is 0.119 e. The van der Waals surface area contributed by atoms with E-state index in [1.54, 1.807) is 12.2 Å². The number of fused-ring (bicyclic) bond motifs is 1. The van der Waals surface area contributed by atoms with E-state index in [1.807, 2.05) is 0 Å². The van der Waals surface area contributed by atoms with Crippen LogP contribution in [0.5, 0.6) is 0 Å². The fourth-order valence-electron chi connectivity index (χ4n) is 2.48. The Kier molecular flexibility index (Phi) is 1.98. The van der Waals surface area contributed by atoms with Gasteiger partial charge in [0.2, 0.25) is 0 Å². The molecule has 0 N–H and O–H groups in total. The Morgan fingerprint density at radius 3 is 2.93 bits per heavy atom. The number of hydrogen-bond acceptors (Lipinski definition) is 1. The van der Waals surface area contributed by atoms with Crippen LogP contribution in [0.3, 0.4) is 0 Å². The smallest absolute Gasteiger partial charge is 0.119 e. The Labute approximate surface area is 83.6 Å². The summed E-state index contributed by atoms with van der Waals surface area (Å²) in [6, 6.07) is 0. The summed E-state index contributed by atoms with van der Waals surface area (Å²) in [5, 5.41) is 0. The van der Waals surface area contributed by atoms with Crippen molar-refractivity contribution in [2.24, 2.45) is 5.92 Å². The molecule has 14 heavy (non-hydrogen) atoms. The highest BCUT2D eigenvalue weighted by molar-refractivity contribution is 5.28. The second kappa shape index (κ2) is 3.20. The summed E-state index contributed by atoms with van der Waals surface area (Å²) in [4.78, 5) is 0. The SMILES string of the molecule is FC1=CCC2OC(C3CC3)CCC2=C1. The molecule has 3 rings (SSSR count). The predicted molar refractivity (Wildman–Crippen MR) is 52.5 cm³/mol. The molecule has 0 aromatic carbocycles. The minimum Gasteiger partial charge on any atom is -0.370 e. The minimum absolute atomic E-state index is 0.0790. The van der Waals surface area contributed by atoms with E-state index in [2.05, 4.69) is 0 Å². The summed E-state index contributed by atoms with van der Waals surface area (Å²) in [7, 11) is 0. The number of allylic oxidation sites excluding steroid dienone is 2. The Morgan fingerprint density at radius 1 is 1.29 bits per heavy atom. The molecule has 1 saturated carbocycles. The molecule has 0 aromatic rings. The summed E-state index contributed by atoms with van der Waals surface area (Å²) < 4.78 is 18.9. The highest BCUT2D eigenvalue weighted by Crippen LogP contribution is 2.42. The van der Waals surface area contributed by atoms with E-state index in [9.17, 15) is 4.39 Å². The second-order valence-electron chi connectivity index (χ2n) is 4.58. The molecule has 0 bridgehead atoms. The second-order valence-corrected chi connectivity index (χ2v) is 4.58. The standard InChI is InChI=1S/C12H15FO/c13-10-4-6-12-9(7-10)3-5-11(14-12)8-1-2-8/h4,7-8,11-12H,1-3,5-6H2. The molecule has 1 aliphatic heterocycles. The van der Waals surface area contributed by atoms with Gasteiger partial charge in [0.05, 0.1) is 12.2 Å². The fraction of sp³-hybridized carbons (Fsp3) is 0.667. The van der Waals surface area contributed by atoms with E-state index in [0.717, 1.165) is 25.2 Å². The molecule has 1 saturated heterocycles. The first-order valence-corrected chi connectivity index (χ1v) is 5.54. The van der Waals surface area contributed by atoms with Gasteiger partial charge >= 0.3 is 0 Å². The third-order valence-electron chi connectivity index (χ3n) is 3.47. The molecule has 2 atom stereocenters. The minimum atomic E-state index is -0.0790. The number of halogens is 1. The van der Waals surface area contributed by atoms with Crippen LogP contribution in [0, 0.1) is 5.92 Å². The summed E-state index contributed by atoms with van der Waals surface area (Å²) in [5.74, 6) is 0.733. The van der Waals surface area contributed by atoms with Crippen LogP contribution in [-0.4, -0.2) is 12.2 Å². The van der Waals surface area contributed by atoms with Gasteiger partial charge in [-0.05, 0) is 55.7 Å². The van der Waals surface area contributed by atoms with Crippen molar-refractivity contribution in [3.05, 3.63) is 23.6 Å². The third kappa shape index (κ3) is 1.52. The lowest BCUT2D eigenvalue weighted by Crippen LogP contribution is -2.31. The molecule has 3 aliphatic rings. The predicted octanol–water partition coefficient (Wildman–Crippen LogP) is 3.13. The average Bonchev–Trinajstić information content (AvgIpc) is 3.00. The largest absolute Gasteiger partial charge is 0.370 e. The molecular weight excluding hydrogens is 179 g/mol. The van der Waals surface area contributed by atoms with E-state index < -0.39 is 0 Å². The van der Waals surface area contributed by atoms with Crippen molar-refractivity contribution in [2.45, 2.75) is 44.3 Å². The van der Waals surface area contributed by atoms with Gasteiger partial charge in [0, 0.05) is 0 Å². The van der Waals surface area contributed by atoms with Gasteiger partial charge in [0.15, 0.2) is 0 Å². The Morgan fingerprint density at radius 2 is 2.14 bits per heavy atom. The van der Waals surface area contributed by atoms with Gasteiger partial charge in [-0.3, -0.25) is 0 Å². The van der Waals surface area contributed by atoms with Crippen LogP contribution >= 0.6 is 0 Å². The summed E-state index contributed by atoms with van der Waals surface area (Å²) in [5.41, 5.74) is 1.17. The zero-order valence-corrected chi connectivity index (χ0v) is 8.21. The van der Waals surface area contributed by atoms with Crippen LogP contribution < -0.4 is 0 Å². The highest BCUT2D eigenvalue weighted by atomic mass is 19.1. The van der Waals surface area contributed by atoms with Gasteiger partial charge in [-0.1, -0.05) is 0 Å². The number of hydrogen-bond donors (Lipinski definition) is 0. The molecule has 2 unspecified atom stereocenters. The molecule has 0 spiro atoms. The zero-order chi connectivity index (χ0) is 9.54. The topological polar surface area (TPSA) is 9.23 Å². The van der Waals surface area contributed by atoms with Crippen molar-refractivity contribution < 1.29 is 9.13 Å². The van der Waals surface area contributed by atoms with Crippen molar-refractivity contribution in [1.29, 1.82) is 0 Å². The maximum absolute atomic E-state index is 13.0. The normalized spacial score (nSPS) is 37.2. The van der Waals surface area contributed by atoms with Gasteiger partial charge in [-0.25, -0.2) is 4.39 Å². The Hall–Kier alpha value is -0.630. The summed E-state index contributed by atoms with van der Waals surface area (Å²) >= 11 is 0. The van der Waals surface area contributed by atoms with Crippen molar-refractivity contribution in [1.82, 2.24) is 0 Å². The molecule has 2 fully saturated rings. The molecule has 76 valence electrons. The average molecular weight is 194 g/mol. The first-order valence-electron chi connectivity index (χ1n) is 5.54. The van der Waals surface area contributed by atoms with Crippen LogP contribution in [0.2, 0.25) is 0 Å². The van der Waals surface area contributed by atoms with E-state index >= 15 is 0 Å². The van der Waals surface area contributed by atoms with Crippen molar-refractivity contribution in [2.75, 3.05) is 0 Å². The lowest BCUT2D eigenvalue weighted by molar-refractivity contribution is -0.0301.